The molecule has 3 aliphatic heterocycles. The van der Waals surface area contributed by atoms with Gasteiger partial charge >= 0.3 is 0 Å². The summed E-state index contributed by atoms with van der Waals surface area (Å²) in [6, 6.07) is 9.55. The van der Waals surface area contributed by atoms with Crippen LogP contribution in [-0.2, 0) is 13.0 Å². The lowest BCUT2D eigenvalue weighted by molar-refractivity contribution is 0.571. The van der Waals surface area contributed by atoms with Crippen molar-refractivity contribution in [1.29, 1.82) is 0 Å². The van der Waals surface area contributed by atoms with Crippen LogP contribution in [0, 0.1) is 0 Å². The summed E-state index contributed by atoms with van der Waals surface area (Å²) < 4.78 is 3.70. The number of hydrogen-bond donors (Lipinski definition) is 0. The van der Waals surface area contributed by atoms with Gasteiger partial charge in [0.2, 0.25) is 0 Å². The zero-order valence-corrected chi connectivity index (χ0v) is 14.8. The molecule has 0 radical (unpaired) electrons. The van der Waals surface area contributed by atoms with Crippen LogP contribution < -0.4 is 5.56 Å². The van der Waals surface area contributed by atoms with E-state index in [2.05, 4.69) is 16.2 Å². The molecule has 3 heterocycles. The molecule has 1 aromatic carbocycles. The van der Waals surface area contributed by atoms with E-state index >= 15 is 0 Å². The first-order valence-electron chi connectivity index (χ1n) is 8.61. The van der Waals surface area contributed by atoms with Gasteiger partial charge in [0.15, 0.2) is 11.0 Å². The second-order valence-electron chi connectivity index (χ2n) is 6.15. The van der Waals surface area contributed by atoms with Crippen LogP contribution in [0.2, 0.25) is 0 Å². The van der Waals surface area contributed by atoms with Crippen molar-refractivity contribution >= 4 is 11.8 Å². The van der Waals surface area contributed by atoms with Crippen molar-refractivity contribution < 1.29 is 0 Å². The number of nitrogens with zero attached hydrogens (tertiary/aromatic N) is 4. The monoisotopic (exact) mass is 352 g/mol. The molecule has 0 N–H and O–H groups in total. The van der Waals surface area contributed by atoms with Crippen molar-refractivity contribution in [3.63, 3.8) is 0 Å². The highest BCUT2D eigenvalue weighted by atomic mass is 32.2. The van der Waals surface area contributed by atoms with Gasteiger partial charge in [0.1, 0.15) is 5.56 Å². The molecule has 0 fully saturated rings. The highest BCUT2D eigenvalue weighted by molar-refractivity contribution is 7.99. The van der Waals surface area contributed by atoms with E-state index in [0.717, 1.165) is 48.1 Å². The molecule has 1 aromatic rings. The molecule has 3 aliphatic rings. The van der Waals surface area contributed by atoms with Crippen molar-refractivity contribution in [2.24, 2.45) is 0 Å². The molecular weight excluding hydrogens is 332 g/mol. The molecule has 0 atom stereocenters. The summed E-state index contributed by atoms with van der Waals surface area (Å²) in [5, 5.41) is 5.46. The van der Waals surface area contributed by atoms with Gasteiger partial charge in [-0.3, -0.25) is 4.79 Å². The summed E-state index contributed by atoms with van der Waals surface area (Å²) in [5.41, 5.74) is 2.47. The minimum Gasteiger partial charge on any atom is -0.324 e. The molecule has 0 amide bonds. The summed E-state index contributed by atoms with van der Waals surface area (Å²) in [5.74, 6) is 1.34. The Labute approximate surface area is 150 Å². The van der Waals surface area contributed by atoms with E-state index in [4.69, 9.17) is 4.98 Å². The number of para-hydroxylation sites is 1. The number of hydrogen-bond acceptors (Lipinski definition) is 4. The van der Waals surface area contributed by atoms with Gasteiger partial charge in [-0.2, -0.15) is 4.68 Å². The first-order chi connectivity index (χ1) is 12.3. The van der Waals surface area contributed by atoms with E-state index in [1.807, 2.05) is 36.4 Å². The first kappa shape index (κ1) is 16.1. The summed E-state index contributed by atoms with van der Waals surface area (Å²) >= 11 is 1.65. The molecule has 4 rings (SSSR count). The predicted molar refractivity (Wildman–Crippen MR) is 101 cm³/mol. The van der Waals surface area contributed by atoms with Crippen LogP contribution in [0.15, 0.2) is 52.9 Å². The Kier molecular flexibility index (Phi) is 4.44. The Morgan fingerprint density at radius 1 is 1.20 bits per heavy atom. The lowest BCUT2D eigenvalue weighted by Crippen LogP contribution is -2.19. The zero-order valence-electron chi connectivity index (χ0n) is 14.0. The maximum atomic E-state index is 13.1. The van der Waals surface area contributed by atoms with Crippen LogP contribution in [0.4, 0.5) is 0 Å². The largest absolute Gasteiger partial charge is 0.324 e. The molecule has 0 aromatic heterocycles. The maximum Gasteiger partial charge on any atom is 0.284 e. The van der Waals surface area contributed by atoms with E-state index in [1.54, 1.807) is 11.8 Å². The number of benzene rings is 1. The third-order valence-electron chi connectivity index (χ3n) is 4.50. The quantitative estimate of drug-likeness (QED) is 0.409. The Hall–Kier alpha value is -2.34. The van der Waals surface area contributed by atoms with Crippen molar-refractivity contribution in [1.82, 2.24) is 19.3 Å². The van der Waals surface area contributed by atoms with Gasteiger partial charge in [-0.25, -0.2) is 4.98 Å². The van der Waals surface area contributed by atoms with E-state index in [9.17, 15) is 4.79 Å². The fourth-order valence-corrected chi connectivity index (χ4v) is 4.12. The molecule has 128 valence electrons. The minimum atomic E-state index is -0.0698. The van der Waals surface area contributed by atoms with E-state index in [0.29, 0.717) is 11.4 Å². The van der Waals surface area contributed by atoms with E-state index in [1.165, 1.54) is 11.1 Å². The highest BCUT2D eigenvalue weighted by Gasteiger charge is 2.26. The lowest BCUT2D eigenvalue weighted by Gasteiger charge is -2.17. The van der Waals surface area contributed by atoms with Crippen molar-refractivity contribution in [2.75, 3.05) is 5.75 Å². The Morgan fingerprint density at radius 2 is 2.04 bits per heavy atom. The second kappa shape index (κ2) is 6.88. The van der Waals surface area contributed by atoms with Crippen LogP contribution in [0.1, 0.15) is 25.0 Å². The molecule has 0 saturated carbocycles. The summed E-state index contributed by atoms with van der Waals surface area (Å²) in [6.07, 6.45) is 6.17. The van der Waals surface area contributed by atoms with Crippen LogP contribution >= 0.6 is 11.8 Å². The SMILES string of the molecule is C=CCSc1nc2nn(-c3ccccc3)c(=O)c-2c2n1CCCCC2. The molecule has 0 unspecified atom stereocenters. The van der Waals surface area contributed by atoms with Crippen molar-refractivity contribution in [3.8, 4) is 17.1 Å². The van der Waals surface area contributed by atoms with E-state index in [-0.39, 0.29) is 5.56 Å². The van der Waals surface area contributed by atoms with E-state index < -0.39 is 0 Å². The average Bonchev–Trinajstić information content (AvgIpc) is 2.82. The number of rotatable bonds is 4. The Morgan fingerprint density at radius 3 is 2.84 bits per heavy atom. The predicted octanol–water partition coefficient (Wildman–Crippen LogP) is 3.54. The number of aromatic nitrogens is 4. The maximum absolute atomic E-state index is 13.1. The van der Waals surface area contributed by atoms with Gasteiger partial charge in [-0.1, -0.05) is 42.5 Å². The van der Waals surface area contributed by atoms with Crippen LogP contribution in [0.3, 0.4) is 0 Å². The molecule has 0 bridgehead atoms. The van der Waals surface area contributed by atoms with Gasteiger partial charge in [0.25, 0.3) is 5.56 Å². The van der Waals surface area contributed by atoms with Gasteiger partial charge in [-0.05, 0) is 31.4 Å². The first-order valence-corrected chi connectivity index (χ1v) is 9.59. The van der Waals surface area contributed by atoms with Crippen molar-refractivity contribution in [2.45, 2.75) is 37.4 Å². The van der Waals surface area contributed by atoms with Crippen molar-refractivity contribution in [3.05, 3.63) is 59.0 Å². The molecule has 0 aliphatic carbocycles. The van der Waals surface area contributed by atoms with Crippen LogP contribution in [-0.4, -0.2) is 25.1 Å². The molecule has 0 spiro atoms. The molecule has 0 saturated heterocycles. The highest BCUT2D eigenvalue weighted by Crippen LogP contribution is 2.30. The standard InChI is InChI=1S/C19H20N4OS/c1-2-13-25-19-20-17-16(15-11-7-4-8-12-22(15)19)18(24)23(21-17)14-9-5-3-6-10-14/h2-3,5-6,9-10H,1,4,7-8,11-13H2. The lowest BCUT2D eigenvalue weighted by atomic mass is 10.1. The second-order valence-corrected chi connectivity index (χ2v) is 7.14. The average molecular weight is 352 g/mol. The molecule has 25 heavy (non-hydrogen) atoms. The third kappa shape index (κ3) is 2.91. The van der Waals surface area contributed by atoms with Crippen LogP contribution in [0.5, 0.6) is 0 Å². The number of thioether (sulfide) groups is 1. The Bertz CT molecular complexity index is 929. The molecule has 6 heteroatoms. The van der Waals surface area contributed by atoms with Gasteiger partial charge in [0.05, 0.1) is 5.69 Å². The normalized spacial score (nSPS) is 14.2. The fourth-order valence-electron chi connectivity index (χ4n) is 3.34. The topological polar surface area (TPSA) is 52.7 Å². The zero-order chi connectivity index (χ0) is 17.2. The summed E-state index contributed by atoms with van der Waals surface area (Å²) in [7, 11) is 0. The Balaban J connectivity index is 1.95. The smallest absolute Gasteiger partial charge is 0.284 e. The fraction of sp³-hybridized carbons (Fsp3) is 0.316. The third-order valence-corrected chi connectivity index (χ3v) is 5.47. The van der Waals surface area contributed by atoms with Crippen LogP contribution in [0.25, 0.3) is 17.1 Å². The minimum absolute atomic E-state index is 0.0698. The van der Waals surface area contributed by atoms with Gasteiger partial charge < -0.3 is 4.57 Å². The summed E-state index contributed by atoms with van der Waals surface area (Å²) in [4.78, 5) is 17.8. The van der Waals surface area contributed by atoms with Gasteiger partial charge in [-0.15, -0.1) is 11.7 Å². The molecular formula is C19H20N4OS. The summed E-state index contributed by atoms with van der Waals surface area (Å²) in [6.45, 7) is 4.71. The number of fused-ring (bicyclic) bond motifs is 3. The molecule has 5 nitrogen and oxygen atoms in total. The van der Waals surface area contributed by atoms with Gasteiger partial charge in [0, 0.05) is 18.0 Å².